The Hall–Kier alpha value is -7.20. The van der Waals surface area contributed by atoms with Crippen LogP contribution in [0.4, 0.5) is 0 Å². The normalized spacial score (nSPS) is 42.0. The predicted molar refractivity (Wildman–Crippen MR) is 438 cm³/mol. The second-order valence-corrected chi connectivity index (χ2v) is 39.2. The van der Waals surface area contributed by atoms with Gasteiger partial charge >= 0.3 is 11.9 Å². The third-order valence-electron chi connectivity index (χ3n) is 34.5. The number of fused-ring (bicyclic) bond motifs is 20. The zero-order valence-electron chi connectivity index (χ0n) is 72.6. The molecule has 12 unspecified atom stereocenters. The first-order chi connectivity index (χ1) is 54.9. The van der Waals surface area contributed by atoms with Gasteiger partial charge in [-0.05, 0) is 349 Å². The Kier molecular flexibility index (Phi) is 18.3. The van der Waals surface area contributed by atoms with Gasteiger partial charge in [-0.15, -0.1) is 0 Å². The van der Waals surface area contributed by atoms with Gasteiger partial charge in [0.1, 0.15) is 12.2 Å². The van der Waals surface area contributed by atoms with Crippen LogP contribution < -0.4 is 0 Å². The molecule has 8 fully saturated rings. The number of ketones is 2. The monoisotopic (exact) mass is 1480 g/mol. The van der Waals surface area contributed by atoms with Crippen molar-refractivity contribution in [2.24, 2.45) is 114 Å². The second kappa shape index (κ2) is 29.0. The van der Waals surface area contributed by atoms with Crippen LogP contribution in [0, 0.1) is 114 Å². The lowest BCUT2D eigenvalue weighted by molar-refractivity contribution is -0.149. The van der Waals surface area contributed by atoms with Gasteiger partial charge < -0.3 is 9.47 Å². The smallest absolute Gasteiger partial charge is 0.302 e. The van der Waals surface area contributed by atoms with Gasteiger partial charge in [-0.3, -0.25) is 39.1 Å². The Balaban J connectivity index is 0.000000111. The molecule has 580 valence electrons. The van der Waals surface area contributed by atoms with Crippen LogP contribution in [0.25, 0.3) is 22.3 Å². The van der Waals surface area contributed by atoms with Crippen molar-refractivity contribution in [1.29, 1.82) is 0 Å². The van der Waals surface area contributed by atoms with Gasteiger partial charge in [0.25, 0.3) is 0 Å². The number of nitrogens with zero attached hydrogens (tertiary/aromatic N) is 4. The van der Waals surface area contributed by atoms with Gasteiger partial charge in [0.05, 0.1) is 6.85 Å². The maximum absolute atomic E-state index is 12.0. The number of rotatable bonds is 6. The Bertz CT molecular complexity index is 4820. The number of pyridine rings is 4. The summed E-state index contributed by atoms with van der Waals surface area (Å²) in [6, 6.07) is 14.4. The van der Waals surface area contributed by atoms with E-state index in [2.05, 4.69) is 112 Å². The number of allylic oxidation sites excluding steroid dienone is 14. The first-order valence-corrected chi connectivity index (χ1v) is 43.1. The van der Waals surface area contributed by atoms with E-state index in [1.165, 1.54) is 116 Å². The fourth-order valence-corrected chi connectivity index (χ4v) is 28.7. The number of hydrogen-bond acceptors (Lipinski definition) is 10. The van der Waals surface area contributed by atoms with Crippen LogP contribution in [0.3, 0.4) is 0 Å². The zero-order valence-corrected chi connectivity index (χ0v) is 67.6. The van der Waals surface area contributed by atoms with E-state index in [-0.39, 0.29) is 67.5 Å². The molecule has 16 aliphatic rings. The number of aromatic nitrogens is 4. The fourth-order valence-electron chi connectivity index (χ4n) is 28.7. The molecule has 0 amide bonds. The lowest BCUT2D eigenvalue weighted by Gasteiger charge is -2.57. The highest BCUT2D eigenvalue weighted by Crippen LogP contribution is 2.72. The highest BCUT2D eigenvalue weighted by molar-refractivity contribution is 5.92. The van der Waals surface area contributed by atoms with Crippen LogP contribution in [0.5, 0.6) is 0 Å². The van der Waals surface area contributed by atoms with Crippen molar-refractivity contribution in [3.63, 3.8) is 0 Å². The van der Waals surface area contributed by atoms with E-state index in [0.717, 1.165) is 180 Å². The maximum atomic E-state index is 12.0. The van der Waals surface area contributed by atoms with E-state index in [1.54, 1.807) is 12.4 Å². The van der Waals surface area contributed by atoms with Crippen LogP contribution in [-0.2, 0) is 28.7 Å². The molecule has 0 N–H and O–H groups in total. The van der Waals surface area contributed by atoms with Crippen molar-refractivity contribution in [2.45, 2.75) is 261 Å². The topological polar surface area (TPSA) is 138 Å². The average Bonchev–Trinajstić information content (AvgIpc) is 1.64. The van der Waals surface area contributed by atoms with E-state index in [1.807, 2.05) is 67.4 Å². The number of esters is 2. The van der Waals surface area contributed by atoms with E-state index >= 15 is 0 Å². The van der Waals surface area contributed by atoms with Crippen molar-refractivity contribution < 1.29 is 35.5 Å². The second-order valence-electron chi connectivity index (χ2n) is 39.2. The molecule has 0 radical (unpaired) electrons. The van der Waals surface area contributed by atoms with Gasteiger partial charge in [0.15, 0.2) is 11.6 Å². The summed E-state index contributed by atoms with van der Waals surface area (Å²) in [4.78, 5) is 64.0. The molecule has 8 saturated carbocycles. The van der Waals surface area contributed by atoms with Crippen LogP contribution in [-0.4, -0.2) is 55.6 Å². The molecule has 16 aliphatic carbocycles. The van der Waals surface area contributed by atoms with Gasteiger partial charge in [0.2, 0.25) is 0 Å². The van der Waals surface area contributed by atoms with Crippen LogP contribution in [0.1, 0.15) is 278 Å². The summed E-state index contributed by atoms with van der Waals surface area (Å²) in [6.07, 6.45) is 56.9. The number of carbonyl (C=O) groups excluding carboxylic acids is 4. The van der Waals surface area contributed by atoms with Crippen molar-refractivity contribution in [3.05, 3.63) is 191 Å². The summed E-state index contributed by atoms with van der Waals surface area (Å²) >= 11 is 0. The Morgan fingerprint density at radius 1 is 0.373 bits per heavy atom. The molecule has 22 atom stereocenters. The molecule has 20 rings (SSSR count). The Morgan fingerprint density at radius 3 is 1.16 bits per heavy atom. The van der Waals surface area contributed by atoms with Gasteiger partial charge in [-0.25, -0.2) is 0 Å². The molecule has 0 aromatic carbocycles. The molecule has 4 heterocycles. The van der Waals surface area contributed by atoms with Crippen molar-refractivity contribution in [1.82, 2.24) is 19.9 Å². The average molecular weight is 1480 g/mol. The highest BCUT2D eigenvalue weighted by atomic mass is 16.5. The summed E-state index contributed by atoms with van der Waals surface area (Å²) in [5, 5.41) is 0. The molecule has 110 heavy (non-hydrogen) atoms. The van der Waals surface area contributed by atoms with Gasteiger partial charge in [-0.2, -0.15) is 0 Å². The van der Waals surface area contributed by atoms with Gasteiger partial charge in [0, 0.05) is 89.1 Å². The molecular formula is C100H124N4O6. The van der Waals surface area contributed by atoms with Crippen LogP contribution >= 0.6 is 0 Å². The summed E-state index contributed by atoms with van der Waals surface area (Å²) in [5.74, 6) is 8.26. The van der Waals surface area contributed by atoms with Crippen molar-refractivity contribution >= 4 is 45.8 Å². The number of ether oxygens (including phenoxy) is 2. The van der Waals surface area contributed by atoms with E-state index in [0.29, 0.717) is 77.2 Å². The summed E-state index contributed by atoms with van der Waals surface area (Å²) < 4.78 is 52.5. The SMILES string of the molecule is [2H]C1=C(c2cccnc2)[C@@]2(C)CCC3C(CC=C4C[C@@H](OC(C)=O)CC[C@@]43C)C2C1.[2H]C1=C(c2cncc([2H])c2)[C@@]2(C)CCC3C(CC=C4C[C@@H](OC(C)=O)CC[C@@]43C)C2C1.[2H]c1ccc(C2=CCC3C4CCC5=CC(=O)CC[C@]5(C)C4CC[C@]23C)cn1.[2H]c1cncc(C2=CCC3C4CCC5=CC(=O)CC[C@]5(C)C4CC[C@]23C)c1. The van der Waals surface area contributed by atoms with E-state index in [9.17, 15) is 19.2 Å². The number of hydrogen-bond donors (Lipinski definition) is 0. The van der Waals surface area contributed by atoms with Crippen molar-refractivity contribution in [2.75, 3.05) is 0 Å². The van der Waals surface area contributed by atoms with E-state index in [4.69, 9.17) is 16.3 Å². The van der Waals surface area contributed by atoms with Crippen molar-refractivity contribution in [3.8, 4) is 0 Å². The Morgan fingerprint density at radius 2 is 0.745 bits per heavy atom. The molecule has 0 saturated heterocycles. The van der Waals surface area contributed by atoms with Crippen LogP contribution in [0.2, 0.25) is 0 Å². The molecule has 4 aromatic rings. The lowest BCUT2D eigenvalue weighted by Crippen LogP contribution is -2.50. The highest BCUT2D eigenvalue weighted by Gasteiger charge is 2.62. The first kappa shape index (κ1) is 69.5. The minimum absolute atomic E-state index is 0.00955. The molecular weight excluding hydrogens is 1350 g/mol. The molecule has 0 bridgehead atoms. The largest absolute Gasteiger partial charge is 0.462 e. The lowest BCUT2D eigenvalue weighted by atomic mass is 9.46. The zero-order chi connectivity index (χ0) is 80.7. The van der Waals surface area contributed by atoms with E-state index < -0.39 is 0 Å². The third-order valence-corrected chi connectivity index (χ3v) is 34.5. The quantitative estimate of drug-likeness (QED) is 0.135. The fraction of sp³-hybridized carbons (Fsp3) is 0.600. The molecule has 10 heteroatoms. The molecule has 10 nitrogen and oxygen atoms in total. The first-order valence-electron chi connectivity index (χ1n) is 45.6. The summed E-state index contributed by atoms with van der Waals surface area (Å²) in [5.41, 5.74) is 17.1. The third kappa shape index (κ3) is 12.7. The minimum Gasteiger partial charge on any atom is -0.462 e. The minimum atomic E-state index is -0.171. The summed E-state index contributed by atoms with van der Waals surface area (Å²) in [7, 11) is 0. The van der Waals surface area contributed by atoms with Gasteiger partial charge in [-0.1, -0.05) is 138 Å². The molecule has 4 aromatic heterocycles. The van der Waals surface area contributed by atoms with Crippen LogP contribution in [0.15, 0.2) is 169 Å². The molecule has 0 spiro atoms. The Labute approximate surface area is 664 Å². The summed E-state index contributed by atoms with van der Waals surface area (Å²) in [6.45, 7) is 22.5. The predicted octanol–water partition coefficient (Wildman–Crippen LogP) is 23.2. The maximum Gasteiger partial charge on any atom is 0.302 e. The molecule has 0 aliphatic heterocycles. The standard InChI is InChI=1S/2C26H33NO2.2C24H29NO/c2*1-17(28)29-20-10-12-25(2)19(15-20)6-7-21-23-9-8-22(18-5-4-14-27-16-18)26(23,3)13-11-24(21)25;2*1-23-11-9-18(26)14-17(23)5-6-19-21-8-7-20(16-4-3-13-25-15-16)24(21,2)12-10-22(19)23/h2*4-6,8,14,16,20-21,23-24H,7,9-13,15H2,1-3H3;2*3-4,7,13-15,19,21-22H,5-6,8-12H2,1-2H3/t2*20-,21?,23?,24?,25-,26+;2*19?,21?,22?,23-,24+/m0000/s1/i4D,8D;8D;13D;3D. The number of carbonyl (C=O) groups is 4.